The van der Waals surface area contributed by atoms with Gasteiger partial charge in [0.25, 0.3) is 0 Å². The number of nitrogens with two attached hydrogens (primary N) is 1. The molecule has 0 atom stereocenters. The number of hydrogen-bond acceptors (Lipinski definition) is 2. The molecule has 1 aromatic rings. The highest BCUT2D eigenvalue weighted by atomic mass is 16.4. The quantitative estimate of drug-likeness (QED) is 0.751. The van der Waals surface area contributed by atoms with Crippen molar-refractivity contribution in [3.8, 4) is 0 Å². The summed E-state index contributed by atoms with van der Waals surface area (Å²) in [7, 11) is 0. The number of hydrogen-bond donors (Lipinski definition) is 2. The van der Waals surface area contributed by atoms with Crippen LogP contribution in [0, 0.1) is 0 Å². The molecule has 16 heavy (non-hydrogen) atoms. The largest absolute Gasteiger partial charge is 0.478 e. The van der Waals surface area contributed by atoms with Gasteiger partial charge in [0.05, 0.1) is 5.57 Å². The minimum absolute atomic E-state index is 0.0180. The second-order valence-electron chi connectivity index (χ2n) is 3.24. The summed E-state index contributed by atoms with van der Waals surface area (Å²) < 4.78 is 0. The van der Waals surface area contributed by atoms with E-state index in [9.17, 15) is 9.59 Å². The highest BCUT2D eigenvalue weighted by molar-refractivity contribution is 6.22. The molecule has 0 fully saturated rings. The van der Waals surface area contributed by atoms with Crippen LogP contribution in [0.4, 0.5) is 0 Å². The molecule has 0 saturated carbocycles. The maximum Gasteiger partial charge on any atom is 0.336 e. The Balaban J connectivity index is 3.40. The molecule has 4 nitrogen and oxygen atoms in total. The van der Waals surface area contributed by atoms with E-state index < -0.39 is 11.9 Å². The van der Waals surface area contributed by atoms with Gasteiger partial charge in [0, 0.05) is 5.57 Å². The van der Waals surface area contributed by atoms with E-state index in [0.717, 1.165) is 0 Å². The lowest BCUT2D eigenvalue weighted by atomic mass is 9.98. The van der Waals surface area contributed by atoms with Crippen molar-refractivity contribution in [1.82, 2.24) is 0 Å². The third-order valence-electron chi connectivity index (χ3n) is 2.23. The standard InChI is InChI=1S/C12H13NO3/c1-2-9(11(13)14)10(12(15)16)8-6-4-3-5-7-8/h3-7H,2H2,1H3,(H2,13,14)(H,15,16). The highest BCUT2D eigenvalue weighted by Crippen LogP contribution is 2.20. The lowest BCUT2D eigenvalue weighted by Crippen LogP contribution is -2.18. The van der Waals surface area contributed by atoms with Crippen molar-refractivity contribution in [2.45, 2.75) is 13.3 Å². The summed E-state index contributed by atoms with van der Waals surface area (Å²) >= 11 is 0. The lowest BCUT2D eigenvalue weighted by molar-refractivity contribution is -0.130. The number of rotatable bonds is 4. The van der Waals surface area contributed by atoms with Crippen molar-refractivity contribution in [1.29, 1.82) is 0 Å². The first-order valence-corrected chi connectivity index (χ1v) is 4.89. The van der Waals surface area contributed by atoms with Gasteiger partial charge in [-0.25, -0.2) is 4.79 Å². The molecule has 84 valence electrons. The average Bonchev–Trinajstić information content (AvgIpc) is 2.25. The van der Waals surface area contributed by atoms with Gasteiger partial charge in [0.2, 0.25) is 5.91 Å². The third-order valence-corrected chi connectivity index (χ3v) is 2.23. The van der Waals surface area contributed by atoms with Crippen molar-refractivity contribution in [2.75, 3.05) is 0 Å². The average molecular weight is 219 g/mol. The second kappa shape index (κ2) is 5.11. The van der Waals surface area contributed by atoms with E-state index in [0.29, 0.717) is 12.0 Å². The van der Waals surface area contributed by atoms with Gasteiger partial charge in [0.15, 0.2) is 0 Å². The summed E-state index contributed by atoms with van der Waals surface area (Å²) in [5, 5.41) is 9.11. The van der Waals surface area contributed by atoms with Crippen LogP contribution in [0.1, 0.15) is 18.9 Å². The molecule has 1 aromatic carbocycles. The molecule has 1 rings (SSSR count). The molecule has 0 spiro atoms. The minimum Gasteiger partial charge on any atom is -0.478 e. The van der Waals surface area contributed by atoms with Crippen molar-refractivity contribution in [3.63, 3.8) is 0 Å². The molecule has 4 heteroatoms. The van der Waals surface area contributed by atoms with Gasteiger partial charge >= 0.3 is 5.97 Å². The van der Waals surface area contributed by atoms with Gasteiger partial charge in [-0.1, -0.05) is 37.3 Å². The van der Waals surface area contributed by atoms with E-state index in [1.54, 1.807) is 37.3 Å². The monoisotopic (exact) mass is 219 g/mol. The van der Waals surface area contributed by atoms with Gasteiger partial charge < -0.3 is 10.8 Å². The van der Waals surface area contributed by atoms with Gasteiger partial charge in [-0.2, -0.15) is 0 Å². The fourth-order valence-corrected chi connectivity index (χ4v) is 1.51. The fraction of sp³-hybridized carbons (Fsp3) is 0.167. The number of aliphatic carboxylic acids is 1. The molecule has 0 aliphatic carbocycles. The number of amides is 1. The number of carboxylic acid groups (broad SMARTS) is 1. The Labute approximate surface area is 93.4 Å². The molecule has 0 saturated heterocycles. The Morgan fingerprint density at radius 2 is 1.81 bits per heavy atom. The van der Waals surface area contributed by atoms with Crippen LogP contribution in [0.2, 0.25) is 0 Å². The highest BCUT2D eigenvalue weighted by Gasteiger charge is 2.18. The summed E-state index contributed by atoms with van der Waals surface area (Å²) in [5.74, 6) is -1.83. The van der Waals surface area contributed by atoms with Crippen molar-refractivity contribution in [2.24, 2.45) is 5.73 Å². The van der Waals surface area contributed by atoms with E-state index in [1.807, 2.05) is 0 Å². The first kappa shape index (κ1) is 12.0. The normalized spacial score (nSPS) is 11.8. The smallest absolute Gasteiger partial charge is 0.336 e. The number of primary amides is 1. The molecule has 0 unspecified atom stereocenters. The molecule has 0 aromatic heterocycles. The zero-order valence-corrected chi connectivity index (χ0v) is 8.93. The van der Waals surface area contributed by atoms with Crippen LogP contribution in [0.5, 0.6) is 0 Å². The number of benzene rings is 1. The zero-order valence-electron chi connectivity index (χ0n) is 8.93. The van der Waals surface area contributed by atoms with Crippen molar-refractivity contribution < 1.29 is 14.7 Å². The zero-order chi connectivity index (χ0) is 12.1. The second-order valence-corrected chi connectivity index (χ2v) is 3.24. The minimum atomic E-state index is -1.14. The van der Waals surface area contributed by atoms with Gasteiger partial charge in [-0.05, 0) is 12.0 Å². The Hall–Kier alpha value is -2.10. The molecule has 1 amide bonds. The van der Waals surface area contributed by atoms with Gasteiger partial charge in [-0.3, -0.25) is 4.79 Å². The molecule has 0 radical (unpaired) electrons. The summed E-state index contributed by atoms with van der Waals surface area (Å²) in [6, 6.07) is 8.49. The summed E-state index contributed by atoms with van der Waals surface area (Å²) in [5.41, 5.74) is 5.77. The maximum absolute atomic E-state index is 11.2. The van der Waals surface area contributed by atoms with Gasteiger partial charge in [-0.15, -0.1) is 0 Å². The number of carboxylic acids is 1. The van der Waals surface area contributed by atoms with Crippen LogP contribution in [0.25, 0.3) is 5.57 Å². The molecule has 0 aliphatic rings. The fourth-order valence-electron chi connectivity index (χ4n) is 1.51. The number of carbonyl (C=O) groups excluding carboxylic acids is 1. The summed E-state index contributed by atoms with van der Waals surface area (Å²) in [6.07, 6.45) is 0.297. The Morgan fingerprint density at radius 3 is 2.19 bits per heavy atom. The first-order chi connectivity index (χ1) is 7.57. The van der Waals surface area contributed by atoms with E-state index in [2.05, 4.69) is 0 Å². The van der Waals surface area contributed by atoms with Crippen LogP contribution in [-0.2, 0) is 9.59 Å². The molecular weight excluding hydrogens is 206 g/mol. The maximum atomic E-state index is 11.2. The molecule has 0 bridgehead atoms. The Morgan fingerprint density at radius 1 is 1.25 bits per heavy atom. The SMILES string of the molecule is CCC(C(N)=O)=C(C(=O)O)c1ccccc1. The van der Waals surface area contributed by atoms with Crippen molar-refractivity contribution >= 4 is 17.4 Å². The third kappa shape index (κ3) is 2.48. The van der Waals surface area contributed by atoms with E-state index >= 15 is 0 Å². The van der Waals surface area contributed by atoms with E-state index in [4.69, 9.17) is 10.8 Å². The van der Waals surface area contributed by atoms with Crippen LogP contribution >= 0.6 is 0 Å². The number of carbonyl (C=O) groups is 2. The van der Waals surface area contributed by atoms with Crippen LogP contribution in [0.15, 0.2) is 35.9 Å². The lowest BCUT2D eigenvalue weighted by Gasteiger charge is -2.07. The van der Waals surface area contributed by atoms with E-state index in [1.165, 1.54) is 0 Å². The summed E-state index contributed by atoms with van der Waals surface area (Å²) in [6.45, 7) is 1.70. The first-order valence-electron chi connectivity index (χ1n) is 4.89. The predicted octanol–water partition coefficient (Wildman–Crippen LogP) is 1.42. The Bertz CT molecular complexity index is 435. The van der Waals surface area contributed by atoms with Crippen LogP contribution in [-0.4, -0.2) is 17.0 Å². The Kier molecular flexibility index (Phi) is 3.83. The molecular formula is C12H13NO3. The summed E-state index contributed by atoms with van der Waals surface area (Å²) in [4.78, 5) is 22.3. The van der Waals surface area contributed by atoms with E-state index in [-0.39, 0.29) is 11.1 Å². The van der Waals surface area contributed by atoms with Crippen LogP contribution < -0.4 is 5.73 Å². The van der Waals surface area contributed by atoms with Gasteiger partial charge in [0.1, 0.15) is 0 Å². The van der Waals surface area contributed by atoms with Crippen molar-refractivity contribution in [3.05, 3.63) is 41.5 Å². The van der Waals surface area contributed by atoms with Crippen LogP contribution in [0.3, 0.4) is 0 Å². The molecule has 0 aliphatic heterocycles. The topological polar surface area (TPSA) is 80.4 Å². The molecule has 0 heterocycles. The predicted molar refractivity (Wildman–Crippen MR) is 60.5 cm³/mol. The molecule has 3 N–H and O–H groups in total.